The van der Waals surface area contributed by atoms with Gasteiger partial charge in [0.1, 0.15) is 11.4 Å². The normalized spacial score (nSPS) is 17.9. The van der Waals surface area contributed by atoms with E-state index in [9.17, 15) is 22.8 Å². The molecule has 34 heavy (non-hydrogen) atoms. The average molecular weight is 492 g/mol. The molecule has 4 rings (SSSR count). The van der Waals surface area contributed by atoms with Crippen molar-refractivity contribution in [1.29, 1.82) is 0 Å². The van der Waals surface area contributed by atoms with Gasteiger partial charge in [-0.05, 0) is 18.2 Å². The molecule has 1 fully saturated rings. The summed E-state index contributed by atoms with van der Waals surface area (Å²) in [7, 11) is -0.330. The Balaban J connectivity index is 1.35. The smallest absolute Gasteiger partial charge is 0.330 e. The van der Waals surface area contributed by atoms with Crippen LogP contribution in [0.2, 0.25) is 0 Å². The van der Waals surface area contributed by atoms with Crippen LogP contribution in [-0.4, -0.2) is 59.8 Å². The first-order valence-corrected chi connectivity index (χ1v) is 12.9. The fraction of sp³-hybridized carbons (Fsp3) is 0.500. The Labute approximate surface area is 197 Å². The van der Waals surface area contributed by atoms with Gasteiger partial charge in [0.15, 0.2) is 5.78 Å². The number of ether oxygens (including phenoxy) is 1. The minimum atomic E-state index is -3.44. The van der Waals surface area contributed by atoms with E-state index in [2.05, 4.69) is 15.2 Å². The molecular formula is C22H29N5O6S. The SMILES string of the molecule is Cn1c(CCNN2CCC3(CC2)CC(=O)c2cc(NS(C)(=O)=O)ccc2O3)cc(=O)n(C)c1=O. The van der Waals surface area contributed by atoms with Crippen molar-refractivity contribution in [1.82, 2.24) is 19.6 Å². The molecule has 0 saturated carbocycles. The Morgan fingerprint density at radius 3 is 2.44 bits per heavy atom. The van der Waals surface area contributed by atoms with Gasteiger partial charge in [-0.15, -0.1) is 0 Å². The monoisotopic (exact) mass is 491 g/mol. The van der Waals surface area contributed by atoms with E-state index in [0.29, 0.717) is 61.6 Å². The zero-order chi connectivity index (χ0) is 24.7. The van der Waals surface area contributed by atoms with Crippen molar-refractivity contribution in [2.75, 3.05) is 30.6 Å². The number of Topliss-reactive ketones (excluding diaryl/α,β-unsaturated/α-hetero) is 1. The van der Waals surface area contributed by atoms with Crippen molar-refractivity contribution in [2.45, 2.75) is 31.3 Å². The van der Waals surface area contributed by atoms with Gasteiger partial charge < -0.3 is 9.30 Å². The lowest BCUT2D eigenvalue weighted by molar-refractivity contribution is -0.0213. The number of carbonyl (C=O) groups excluding carboxylic acids is 1. The standard InChI is InChI=1S/C22H29N5O6S/c1-25-16(13-20(29)26(2)21(25)30)6-9-23-27-10-7-22(8-11-27)14-18(28)17-12-15(24-34(3,31)32)4-5-19(17)33-22/h4-5,12-13,23-24H,6-11,14H2,1-3H3. The first kappa shape index (κ1) is 24.2. The molecule has 0 bridgehead atoms. The molecule has 12 heteroatoms. The van der Waals surface area contributed by atoms with Gasteiger partial charge in [-0.3, -0.25) is 24.3 Å². The second-order valence-corrected chi connectivity index (χ2v) is 10.7. The molecule has 2 aromatic rings. The lowest BCUT2D eigenvalue weighted by atomic mass is 9.82. The number of carbonyl (C=O) groups is 1. The molecule has 0 radical (unpaired) electrons. The molecule has 3 heterocycles. The highest BCUT2D eigenvalue weighted by molar-refractivity contribution is 7.92. The summed E-state index contributed by atoms with van der Waals surface area (Å²) in [5.41, 5.74) is 3.47. The van der Waals surface area contributed by atoms with Crippen molar-refractivity contribution < 1.29 is 17.9 Å². The number of rotatable bonds is 6. The molecule has 2 N–H and O–H groups in total. The molecule has 1 spiro atoms. The molecule has 184 valence electrons. The van der Waals surface area contributed by atoms with E-state index in [-0.39, 0.29) is 23.5 Å². The van der Waals surface area contributed by atoms with Gasteiger partial charge in [0.05, 0.1) is 18.2 Å². The van der Waals surface area contributed by atoms with Crippen molar-refractivity contribution in [3.05, 3.63) is 56.4 Å². The number of sulfonamides is 1. The average Bonchev–Trinajstić information content (AvgIpc) is 2.77. The number of hydrogen-bond donors (Lipinski definition) is 2. The van der Waals surface area contributed by atoms with E-state index in [1.54, 1.807) is 19.2 Å². The van der Waals surface area contributed by atoms with Gasteiger partial charge in [0.25, 0.3) is 5.56 Å². The Kier molecular flexibility index (Phi) is 6.40. The minimum absolute atomic E-state index is 0.0635. The maximum atomic E-state index is 12.9. The maximum absolute atomic E-state index is 12.9. The fourth-order valence-electron chi connectivity index (χ4n) is 4.48. The molecule has 0 atom stereocenters. The van der Waals surface area contributed by atoms with E-state index >= 15 is 0 Å². The van der Waals surface area contributed by atoms with Gasteiger partial charge in [0.2, 0.25) is 10.0 Å². The summed E-state index contributed by atoms with van der Waals surface area (Å²) in [5.74, 6) is 0.412. The van der Waals surface area contributed by atoms with Crippen LogP contribution in [0.1, 0.15) is 35.3 Å². The van der Waals surface area contributed by atoms with E-state index in [1.165, 1.54) is 23.7 Å². The predicted octanol–water partition coefficient (Wildman–Crippen LogP) is 0.00260. The van der Waals surface area contributed by atoms with Gasteiger partial charge >= 0.3 is 5.69 Å². The Hall–Kier alpha value is -2.96. The molecule has 0 amide bonds. The molecule has 1 aromatic heterocycles. The van der Waals surface area contributed by atoms with Gasteiger partial charge in [-0.25, -0.2) is 18.2 Å². The van der Waals surface area contributed by atoms with Crippen LogP contribution >= 0.6 is 0 Å². The number of hydrazine groups is 1. The Morgan fingerprint density at radius 1 is 1.06 bits per heavy atom. The van der Waals surface area contributed by atoms with Crippen molar-refractivity contribution >= 4 is 21.5 Å². The molecule has 2 aliphatic heterocycles. The highest BCUT2D eigenvalue weighted by Gasteiger charge is 2.43. The number of nitrogens with zero attached hydrogens (tertiary/aromatic N) is 3. The molecule has 2 aliphatic rings. The summed E-state index contributed by atoms with van der Waals surface area (Å²) in [6.45, 7) is 1.91. The summed E-state index contributed by atoms with van der Waals surface area (Å²) >= 11 is 0. The zero-order valence-electron chi connectivity index (χ0n) is 19.5. The second kappa shape index (κ2) is 9.01. The number of fused-ring (bicyclic) bond motifs is 1. The third-order valence-corrected chi connectivity index (χ3v) is 7.02. The highest BCUT2D eigenvalue weighted by Crippen LogP contribution is 2.40. The van der Waals surface area contributed by atoms with Crippen LogP contribution in [-0.2, 0) is 30.5 Å². The number of ketones is 1. The number of aromatic nitrogens is 2. The van der Waals surface area contributed by atoms with Crippen molar-refractivity contribution in [3.8, 4) is 5.75 Å². The summed E-state index contributed by atoms with van der Waals surface area (Å²) in [5, 5.41) is 2.06. The number of benzene rings is 1. The van der Waals surface area contributed by atoms with Crippen LogP contribution in [0.3, 0.4) is 0 Å². The van der Waals surface area contributed by atoms with Gasteiger partial charge in [0, 0.05) is 70.4 Å². The largest absolute Gasteiger partial charge is 0.486 e. The third kappa shape index (κ3) is 5.08. The van der Waals surface area contributed by atoms with Crippen LogP contribution < -0.4 is 26.1 Å². The number of hydrogen-bond acceptors (Lipinski definition) is 8. The molecule has 0 unspecified atom stereocenters. The van der Waals surface area contributed by atoms with Crippen LogP contribution in [0.15, 0.2) is 33.9 Å². The highest BCUT2D eigenvalue weighted by atomic mass is 32.2. The molecular weight excluding hydrogens is 462 g/mol. The van der Waals surface area contributed by atoms with Crippen molar-refractivity contribution in [2.24, 2.45) is 14.1 Å². The van der Waals surface area contributed by atoms with E-state index in [0.717, 1.165) is 10.8 Å². The van der Waals surface area contributed by atoms with E-state index in [4.69, 9.17) is 4.74 Å². The van der Waals surface area contributed by atoms with E-state index in [1.807, 2.05) is 0 Å². The van der Waals surface area contributed by atoms with Crippen LogP contribution in [0.25, 0.3) is 0 Å². The number of nitrogens with one attached hydrogen (secondary N) is 2. The first-order chi connectivity index (χ1) is 16.0. The van der Waals surface area contributed by atoms with Crippen LogP contribution in [0.4, 0.5) is 5.69 Å². The van der Waals surface area contributed by atoms with Crippen molar-refractivity contribution in [3.63, 3.8) is 0 Å². The first-order valence-electron chi connectivity index (χ1n) is 11.0. The zero-order valence-corrected chi connectivity index (χ0v) is 20.3. The quantitative estimate of drug-likeness (QED) is 0.577. The fourth-order valence-corrected chi connectivity index (χ4v) is 5.04. The van der Waals surface area contributed by atoms with Gasteiger partial charge in [-0.1, -0.05) is 0 Å². The number of anilines is 1. The Morgan fingerprint density at radius 2 is 1.76 bits per heavy atom. The molecule has 0 aliphatic carbocycles. The predicted molar refractivity (Wildman–Crippen MR) is 127 cm³/mol. The molecule has 1 saturated heterocycles. The summed E-state index contributed by atoms with van der Waals surface area (Å²) in [4.78, 5) is 36.8. The number of piperidine rings is 1. The third-order valence-electron chi connectivity index (χ3n) is 6.41. The topological polar surface area (TPSA) is 132 Å². The minimum Gasteiger partial charge on any atom is -0.486 e. The van der Waals surface area contributed by atoms with Crippen LogP contribution in [0, 0.1) is 0 Å². The Bertz CT molecular complexity index is 1340. The molecule has 11 nitrogen and oxygen atoms in total. The van der Waals surface area contributed by atoms with Crippen LogP contribution in [0.5, 0.6) is 5.75 Å². The lowest BCUT2D eigenvalue weighted by Gasteiger charge is -2.44. The van der Waals surface area contributed by atoms with Gasteiger partial charge in [-0.2, -0.15) is 0 Å². The lowest BCUT2D eigenvalue weighted by Crippen LogP contribution is -2.54. The molecule has 1 aromatic carbocycles. The summed E-state index contributed by atoms with van der Waals surface area (Å²) < 4.78 is 34.1. The van der Waals surface area contributed by atoms with E-state index < -0.39 is 15.6 Å². The maximum Gasteiger partial charge on any atom is 0.330 e. The second-order valence-electron chi connectivity index (χ2n) is 8.99. The summed E-state index contributed by atoms with van der Waals surface area (Å²) in [6, 6.07) is 6.23. The summed E-state index contributed by atoms with van der Waals surface area (Å²) in [6.07, 6.45) is 3.13.